The van der Waals surface area contributed by atoms with E-state index in [1.165, 1.54) is 4.31 Å². The van der Waals surface area contributed by atoms with E-state index in [0.29, 0.717) is 30.3 Å². The van der Waals surface area contributed by atoms with Gasteiger partial charge in [-0.15, -0.1) is 0 Å². The van der Waals surface area contributed by atoms with Gasteiger partial charge in [0.1, 0.15) is 5.75 Å². The van der Waals surface area contributed by atoms with E-state index in [-0.39, 0.29) is 12.5 Å². The SMILES string of the molecule is Cc1ccc(OCC(=O)NCc2ccc(S(=O)(=O)N3CCCC3)cc2)cc1. The summed E-state index contributed by atoms with van der Waals surface area (Å²) in [6.07, 6.45) is 1.82. The first-order valence-corrected chi connectivity index (χ1v) is 10.4. The van der Waals surface area contributed by atoms with Gasteiger partial charge in [0.05, 0.1) is 4.90 Å². The van der Waals surface area contributed by atoms with Crippen molar-refractivity contribution in [1.82, 2.24) is 9.62 Å². The first kappa shape index (κ1) is 19.4. The number of nitrogens with one attached hydrogen (secondary N) is 1. The number of hydrogen-bond acceptors (Lipinski definition) is 4. The molecular formula is C20H24N2O4S. The molecule has 144 valence electrons. The molecular weight excluding hydrogens is 364 g/mol. The first-order chi connectivity index (χ1) is 12.9. The molecule has 1 amide bonds. The number of carbonyl (C=O) groups is 1. The average molecular weight is 388 g/mol. The van der Waals surface area contributed by atoms with Gasteiger partial charge in [0.25, 0.3) is 5.91 Å². The lowest BCUT2D eigenvalue weighted by atomic mass is 10.2. The van der Waals surface area contributed by atoms with Crippen molar-refractivity contribution < 1.29 is 17.9 Å². The van der Waals surface area contributed by atoms with Crippen molar-refractivity contribution in [2.75, 3.05) is 19.7 Å². The number of nitrogens with zero attached hydrogens (tertiary/aromatic N) is 1. The zero-order valence-corrected chi connectivity index (χ0v) is 16.2. The summed E-state index contributed by atoms with van der Waals surface area (Å²) < 4.78 is 31.9. The molecule has 6 nitrogen and oxygen atoms in total. The lowest BCUT2D eigenvalue weighted by molar-refractivity contribution is -0.123. The van der Waals surface area contributed by atoms with Gasteiger partial charge >= 0.3 is 0 Å². The van der Waals surface area contributed by atoms with Crippen LogP contribution in [-0.2, 0) is 21.4 Å². The van der Waals surface area contributed by atoms with Crippen molar-refractivity contribution in [2.24, 2.45) is 0 Å². The van der Waals surface area contributed by atoms with Gasteiger partial charge in [-0.05, 0) is 49.6 Å². The summed E-state index contributed by atoms with van der Waals surface area (Å²) in [6, 6.07) is 14.1. The topological polar surface area (TPSA) is 75.7 Å². The Labute approximate surface area is 160 Å². The summed E-state index contributed by atoms with van der Waals surface area (Å²) in [5.74, 6) is 0.413. The van der Waals surface area contributed by atoms with E-state index in [2.05, 4.69) is 5.32 Å². The molecule has 0 aliphatic carbocycles. The molecule has 1 N–H and O–H groups in total. The largest absolute Gasteiger partial charge is 0.484 e. The Morgan fingerprint density at radius 2 is 1.67 bits per heavy atom. The average Bonchev–Trinajstić information content (AvgIpc) is 3.22. The van der Waals surface area contributed by atoms with Crippen molar-refractivity contribution >= 4 is 15.9 Å². The Bertz CT molecular complexity index is 871. The zero-order chi connectivity index (χ0) is 19.3. The third-order valence-corrected chi connectivity index (χ3v) is 6.42. The molecule has 0 atom stereocenters. The van der Waals surface area contributed by atoms with E-state index in [9.17, 15) is 13.2 Å². The molecule has 1 heterocycles. The van der Waals surface area contributed by atoms with Crippen LogP contribution in [0, 0.1) is 6.92 Å². The lowest BCUT2D eigenvalue weighted by Crippen LogP contribution is -2.29. The van der Waals surface area contributed by atoms with Crippen LogP contribution in [0.2, 0.25) is 0 Å². The number of benzene rings is 2. The minimum absolute atomic E-state index is 0.0650. The molecule has 0 bridgehead atoms. The normalized spacial score (nSPS) is 14.9. The lowest BCUT2D eigenvalue weighted by Gasteiger charge is -2.15. The summed E-state index contributed by atoms with van der Waals surface area (Å²) in [5.41, 5.74) is 1.96. The van der Waals surface area contributed by atoms with E-state index in [1.54, 1.807) is 24.3 Å². The minimum atomic E-state index is -3.40. The van der Waals surface area contributed by atoms with E-state index in [0.717, 1.165) is 24.0 Å². The standard InChI is InChI=1S/C20H24N2O4S/c1-16-4-8-18(9-5-16)26-15-20(23)21-14-17-6-10-19(11-7-17)27(24,25)22-12-2-3-13-22/h4-11H,2-3,12-15H2,1H3,(H,21,23). The van der Waals surface area contributed by atoms with Crippen LogP contribution in [0.15, 0.2) is 53.4 Å². The third kappa shape index (κ3) is 5.08. The fraction of sp³-hybridized carbons (Fsp3) is 0.350. The highest BCUT2D eigenvalue weighted by Gasteiger charge is 2.26. The quantitative estimate of drug-likeness (QED) is 0.791. The summed E-state index contributed by atoms with van der Waals surface area (Å²) in [5, 5.41) is 2.77. The number of ether oxygens (including phenoxy) is 1. The molecule has 3 rings (SSSR count). The Morgan fingerprint density at radius 1 is 1.04 bits per heavy atom. The highest BCUT2D eigenvalue weighted by atomic mass is 32.2. The molecule has 2 aromatic carbocycles. The smallest absolute Gasteiger partial charge is 0.258 e. The molecule has 1 saturated heterocycles. The predicted molar refractivity (Wildman–Crippen MR) is 103 cm³/mol. The minimum Gasteiger partial charge on any atom is -0.484 e. The zero-order valence-electron chi connectivity index (χ0n) is 15.3. The van der Waals surface area contributed by atoms with Crippen LogP contribution in [0.25, 0.3) is 0 Å². The highest BCUT2D eigenvalue weighted by Crippen LogP contribution is 2.21. The Kier molecular flexibility index (Phi) is 6.13. The number of rotatable bonds is 7. The number of hydrogen-bond donors (Lipinski definition) is 1. The maximum absolute atomic E-state index is 12.5. The predicted octanol–water partition coefficient (Wildman–Crippen LogP) is 2.47. The molecule has 0 unspecified atom stereocenters. The summed E-state index contributed by atoms with van der Waals surface area (Å²) in [4.78, 5) is 12.2. The molecule has 1 aliphatic heterocycles. The van der Waals surface area contributed by atoms with Crippen LogP contribution in [0.1, 0.15) is 24.0 Å². The number of sulfonamides is 1. The molecule has 27 heavy (non-hydrogen) atoms. The van der Waals surface area contributed by atoms with Crippen molar-refractivity contribution in [1.29, 1.82) is 0 Å². The maximum atomic E-state index is 12.5. The molecule has 0 spiro atoms. The van der Waals surface area contributed by atoms with Crippen molar-refractivity contribution in [3.8, 4) is 5.75 Å². The second-order valence-corrected chi connectivity index (χ2v) is 8.57. The second-order valence-electron chi connectivity index (χ2n) is 6.63. The number of amides is 1. The Balaban J connectivity index is 1.49. The first-order valence-electron chi connectivity index (χ1n) is 9.00. The summed E-state index contributed by atoms with van der Waals surface area (Å²) in [6.45, 7) is 3.41. The number of carbonyl (C=O) groups excluding carboxylic acids is 1. The van der Waals surface area contributed by atoms with Crippen molar-refractivity contribution in [3.05, 3.63) is 59.7 Å². The molecule has 7 heteroatoms. The van der Waals surface area contributed by atoms with E-state index >= 15 is 0 Å². The second kappa shape index (κ2) is 8.54. The molecule has 2 aromatic rings. The summed E-state index contributed by atoms with van der Waals surface area (Å²) >= 11 is 0. The van der Waals surface area contributed by atoms with Gasteiger partial charge in [-0.25, -0.2) is 8.42 Å². The molecule has 1 aliphatic rings. The van der Waals surface area contributed by atoms with Crippen LogP contribution >= 0.6 is 0 Å². The van der Waals surface area contributed by atoms with E-state index in [1.807, 2.05) is 31.2 Å². The monoisotopic (exact) mass is 388 g/mol. The molecule has 0 aromatic heterocycles. The van der Waals surface area contributed by atoms with Gasteiger partial charge in [-0.2, -0.15) is 4.31 Å². The van der Waals surface area contributed by atoms with Gasteiger partial charge in [0, 0.05) is 19.6 Å². The van der Waals surface area contributed by atoms with Crippen LogP contribution < -0.4 is 10.1 Å². The summed E-state index contributed by atoms with van der Waals surface area (Å²) in [7, 11) is -3.40. The van der Waals surface area contributed by atoms with Crippen LogP contribution in [-0.4, -0.2) is 38.3 Å². The van der Waals surface area contributed by atoms with Gasteiger partial charge in [0.2, 0.25) is 10.0 Å². The van der Waals surface area contributed by atoms with E-state index < -0.39 is 10.0 Å². The third-order valence-electron chi connectivity index (χ3n) is 4.51. The molecule has 0 radical (unpaired) electrons. The Morgan fingerprint density at radius 3 is 2.30 bits per heavy atom. The van der Waals surface area contributed by atoms with Crippen molar-refractivity contribution in [2.45, 2.75) is 31.2 Å². The van der Waals surface area contributed by atoms with Crippen LogP contribution in [0.5, 0.6) is 5.75 Å². The van der Waals surface area contributed by atoms with Crippen LogP contribution in [0.3, 0.4) is 0 Å². The fourth-order valence-corrected chi connectivity index (χ4v) is 4.41. The van der Waals surface area contributed by atoms with Gasteiger partial charge < -0.3 is 10.1 Å². The fourth-order valence-electron chi connectivity index (χ4n) is 2.89. The maximum Gasteiger partial charge on any atom is 0.258 e. The van der Waals surface area contributed by atoms with Crippen molar-refractivity contribution in [3.63, 3.8) is 0 Å². The molecule has 0 saturated carbocycles. The van der Waals surface area contributed by atoms with Crippen LogP contribution in [0.4, 0.5) is 0 Å². The molecule has 1 fully saturated rings. The van der Waals surface area contributed by atoms with Gasteiger partial charge in [0.15, 0.2) is 6.61 Å². The van der Waals surface area contributed by atoms with Gasteiger partial charge in [-0.1, -0.05) is 29.8 Å². The number of aryl methyl sites for hydroxylation is 1. The van der Waals surface area contributed by atoms with Gasteiger partial charge in [-0.3, -0.25) is 4.79 Å². The Hall–Kier alpha value is -2.38. The van der Waals surface area contributed by atoms with E-state index in [4.69, 9.17) is 4.74 Å². The highest BCUT2D eigenvalue weighted by molar-refractivity contribution is 7.89.